The quantitative estimate of drug-likeness (QED) is 0.296. The summed E-state index contributed by atoms with van der Waals surface area (Å²) in [5, 5.41) is 17.1. The first-order valence-electron chi connectivity index (χ1n) is 9.51. The minimum absolute atomic E-state index is 0.215. The highest BCUT2D eigenvalue weighted by atomic mass is 32.2. The molecule has 1 aliphatic rings. The number of furan rings is 1. The third-order valence-electron chi connectivity index (χ3n) is 4.15. The molecule has 1 aromatic heterocycles. The van der Waals surface area contributed by atoms with Crippen LogP contribution in [-0.2, 0) is 18.8 Å². The number of nitro groups is 1. The van der Waals surface area contributed by atoms with Gasteiger partial charge >= 0.3 is 0 Å². The highest BCUT2D eigenvalue weighted by molar-refractivity contribution is 7.98. The van der Waals surface area contributed by atoms with E-state index in [1.165, 1.54) is 0 Å². The van der Waals surface area contributed by atoms with E-state index in [-0.39, 0.29) is 6.79 Å². The molecule has 1 aromatic carbocycles. The molecule has 0 saturated carbocycles. The van der Waals surface area contributed by atoms with Gasteiger partial charge in [0.2, 0.25) is 6.79 Å². The van der Waals surface area contributed by atoms with Crippen molar-refractivity contribution in [3.8, 4) is 11.5 Å². The molecule has 2 heterocycles. The number of thioether (sulfide) groups is 1. The van der Waals surface area contributed by atoms with Crippen LogP contribution < -0.4 is 20.1 Å². The lowest BCUT2D eigenvalue weighted by Gasteiger charge is -2.11. The maximum absolute atomic E-state index is 10.9. The van der Waals surface area contributed by atoms with Gasteiger partial charge in [0.25, 0.3) is 6.20 Å². The Bertz CT molecular complexity index is 884. The van der Waals surface area contributed by atoms with Crippen molar-refractivity contribution in [3.05, 3.63) is 69.6 Å². The molecule has 0 spiro atoms. The Kier molecular flexibility index (Phi) is 7.86. The van der Waals surface area contributed by atoms with Crippen molar-refractivity contribution in [3.63, 3.8) is 0 Å². The molecule has 30 heavy (non-hydrogen) atoms. The van der Waals surface area contributed by atoms with E-state index in [1.54, 1.807) is 11.8 Å². The van der Waals surface area contributed by atoms with Crippen molar-refractivity contribution < 1.29 is 18.8 Å². The monoisotopic (exact) mass is 434 g/mol. The van der Waals surface area contributed by atoms with Gasteiger partial charge in [-0.25, -0.2) is 0 Å². The number of hydrogen-bond acceptors (Lipinski definition) is 9. The zero-order valence-electron chi connectivity index (χ0n) is 17.1. The molecule has 1 aliphatic heterocycles. The molecule has 10 heteroatoms. The van der Waals surface area contributed by atoms with E-state index in [1.807, 2.05) is 44.4 Å². The number of nitrogens with one attached hydrogen (secondary N) is 2. The van der Waals surface area contributed by atoms with Crippen LogP contribution in [0.4, 0.5) is 0 Å². The molecule has 0 aliphatic carbocycles. The normalized spacial score (nSPS) is 13.0. The molecule has 2 N–H and O–H groups in total. The first-order valence-corrected chi connectivity index (χ1v) is 10.7. The minimum Gasteiger partial charge on any atom is -0.464 e. The summed E-state index contributed by atoms with van der Waals surface area (Å²) >= 11 is 1.70. The number of nitrogens with zero attached hydrogens (tertiary/aromatic N) is 2. The van der Waals surface area contributed by atoms with Gasteiger partial charge < -0.3 is 29.4 Å². The summed E-state index contributed by atoms with van der Waals surface area (Å²) in [6.45, 7) is 2.00. The molecular weight excluding hydrogens is 408 g/mol. The summed E-state index contributed by atoms with van der Waals surface area (Å²) in [5.74, 6) is 5.17. The van der Waals surface area contributed by atoms with Gasteiger partial charge in [-0.2, -0.15) is 11.8 Å². The van der Waals surface area contributed by atoms with Crippen molar-refractivity contribution in [2.45, 2.75) is 18.8 Å². The Labute approximate surface area is 179 Å². The van der Waals surface area contributed by atoms with Crippen molar-refractivity contribution in [1.29, 1.82) is 0 Å². The number of rotatable bonds is 12. The fourth-order valence-corrected chi connectivity index (χ4v) is 3.58. The van der Waals surface area contributed by atoms with Gasteiger partial charge in [-0.1, -0.05) is 6.07 Å². The summed E-state index contributed by atoms with van der Waals surface area (Å²) < 4.78 is 16.4. The second kappa shape index (κ2) is 10.8. The van der Waals surface area contributed by atoms with Crippen LogP contribution in [0.1, 0.15) is 17.1 Å². The Hall–Kier alpha value is -2.85. The number of ether oxygens (including phenoxy) is 2. The van der Waals surface area contributed by atoms with Crippen molar-refractivity contribution in [2.24, 2.45) is 0 Å². The smallest absolute Gasteiger partial charge is 0.274 e. The lowest BCUT2D eigenvalue weighted by atomic mass is 10.2. The third-order valence-corrected chi connectivity index (χ3v) is 5.13. The standard InChI is InChI=1S/C20H26N4O5S/c1-23(2)11-16-4-5-17(29-16)13-30-8-7-21-20(12-24(25)26)22-10-15-3-6-18-19(9-15)28-14-27-18/h3-6,9,12,21-22H,7-8,10-11,13-14H2,1-2H3/b20-12+. The van der Waals surface area contributed by atoms with Crippen LogP contribution in [0.25, 0.3) is 0 Å². The highest BCUT2D eigenvalue weighted by Crippen LogP contribution is 2.32. The van der Waals surface area contributed by atoms with Gasteiger partial charge in [0.05, 0.1) is 17.2 Å². The molecule has 2 aromatic rings. The van der Waals surface area contributed by atoms with Crippen LogP contribution in [0.2, 0.25) is 0 Å². The van der Waals surface area contributed by atoms with Gasteiger partial charge in [-0.15, -0.1) is 0 Å². The summed E-state index contributed by atoms with van der Waals surface area (Å²) in [6.07, 6.45) is 0.942. The van der Waals surface area contributed by atoms with Gasteiger partial charge in [-0.05, 0) is 43.9 Å². The van der Waals surface area contributed by atoms with E-state index in [0.29, 0.717) is 30.4 Å². The third kappa shape index (κ3) is 6.89. The lowest BCUT2D eigenvalue weighted by molar-refractivity contribution is -0.404. The topological polar surface area (TPSA) is 102 Å². The van der Waals surface area contributed by atoms with Gasteiger partial charge in [0, 0.05) is 18.8 Å². The zero-order chi connectivity index (χ0) is 21.3. The number of benzene rings is 1. The summed E-state index contributed by atoms with van der Waals surface area (Å²) in [6, 6.07) is 9.58. The Morgan fingerprint density at radius 2 is 2.00 bits per heavy atom. The predicted octanol–water partition coefficient (Wildman–Crippen LogP) is 2.76. The SMILES string of the molecule is CN(C)Cc1ccc(CSCCN/C(=C\[N+](=O)[O-])NCc2ccc3c(c2)OCO3)o1. The largest absolute Gasteiger partial charge is 0.464 e. The van der Waals surface area contributed by atoms with Crippen LogP contribution in [0.3, 0.4) is 0 Å². The fourth-order valence-electron chi connectivity index (χ4n) is 2.83. The van der Waals surface area contributed by atoms with Gasteiger partial charge in [-0.3, -0.25) is 10.1 Å². The van der Waals surface area contributed by atoms with Crippen LogP contribution in [0.5, 0.6) is 11.5 Å². The molecule has 0 atom stereocenters. The molecule has 0 radical (unpaired) electrons. The Morgan fingerprint density at radius 1 is 1.20 bits per heavy atom. The Morgan fingerprint density at radius 3 is 2.80 bits per heavy atom. The van der Waals surface area contributed by atoms with E-state index in [2.05, 4.69) is 15.5 Å². The van der Waals surface area contributed by atoms with E-state index >= 15 is 0 Å². The summed E-state index contributed by atoms with van der Waals surface area (Å²) in [7, 11) is 4.00. The second-order valence-corrected chi connectivity index (χ2v) is 8.06. The molecule has 9 nitrogen and oxygen atoms in total. The Balaban J connectivity index is 1.40. The van der Waals surface area contributed by atoms with E-state index in [9.17, 15) is 10.1 Å². The average Bonchev–Trinajstić information content (AvgIpc) is 3.33. The molecule has 162 valence electrons. The maximum atomic E-state index is 10.9. The van der Waals surface area contributed by atoms with Crippen LogP contribution in [-0.4, -0.2) is 43.0 Å². The zero-order valence-corrected chi connectivity index (χ0v) is 17.9. The van der Waals surface area contributed by atoms with E-state index in [4.69, 9.17) is 13.9 Å². The summed E-state index contributed by atoms with van der Waals surface area (Å²) in [5.41, 5.74) is 0.941. The van der Waals surface area contributed by atoms with Crippen LogP contribution in [0, 0.1) is 10.1 Å². The maximum Gasteiger partial charge on any atom is 0.274 e. The molecule has 3 rings (SSSR count). The number of hydrogen-bond donors (Lipinski definition) is 2. The van der Waals surface area contributed by atoms with Crippen LogP contribution in [0.15, 0.2) is 46.8 Å². The first kappa shape index (κ1) is 21.8. The molecule has 0 saturated heterocycles. The second-order valence-electron chi connectivity index (χ2n) is 6.95. The predicted molar refractivity (Wildman–Crippen MR) is 115 cm³/mol. The molecule has 0 bridgehead atoms. The molecule has 0 amide bonds. The molecule has 0 unspecified atom stereocenters. The van der Waals surface area contributed by atoms with Gasteiger partial charge in [0.1, 0.15) is 11.5 Å². The molecule has 0 fully saturated rings. The van der Waals surface area contributed by atoms with Crippen molar-refractivity contribution >= 4 is 11.8 Å². The summed E-state index contributed by atoms with van der Waals surface area (Å²) in [4.78, 5) is 12.5. The first-order chi connectivity index (χ1) is 14.5. The van der Waals surface area contributed by atoms with Crippen molar-refractivity contribution in [2.75, 3.05) is 33.2 Å². The van der Waals surface area contributed by atoms with Crippen molar-refractivity contribution in [1.82, 2.24) is 15.5 Å². The number of fused-ring (bicyclic) bond motifs is 1. The van der Waals surface area contributed by atoms with Crippen LogP contribution >= 0.6 is 11.8 Å². The minimum atomic E-state index is -0.475. The molecular formula is C20H26N4O5S. The van der Waals surface area contributed by atoms with E-state index < -0.39 is 4.92 Å². The average molecular weight is 435 g/mol. The lowest BCUT2D eigenvalue weighted by Crippen LogP contribution is -2.28. The van der Waals surface area contributed by atoms with E-state index in [0.717, 1.165) is 41.3 Å². The van der Waals surface area contributed by atoms with Gasteiger partial charge in [0.15, 0.2) is 17.3 Å². The fraction of sp³-hybridized carbons (Fsp3) is 0.400. The highest BCUT2D eigenvalue weighted by Gasteiger charge is 2.13.